The minimum Gasteiger partial charge on any atom is -0.493 e. The largest absolute Gasteiger partial charge is 0.493 e. The van der Waals surface area contributed by atoms with Crippen molar-refractivity contribution in [2.45, 2.75) is 0 Å². The SMILES string of the molecule is COc1cc(/C=C2/SC(=O)N(c3ccccc3)C2=O)ccc1OCC(=O)O. The molecule has 2 aromatic carbocycles. The normalized spacial score (nSPS) is 15.3. The average molecular weight is 385 g/mol. The molecule has 0 bridgehead atoms. The van der Waals surface area contributed by atoms with Crippen molar-refractivity contribution >= 4 is 40.6 Å². The van der Waals surface area contributed by atoms with Crippen LogP contribution in [-0.4, -0.2) is 35.9 Å². The molecule has 1 fully saturated rings. The summed E-state index contributed by atoms with van der Waals surface area (Å²) in [7, 11) is 1.43. The first-order valence-electron chi connectivity index (χ1n) is 7.85. The highest BCUT2D eigenvalue weighted by Gasteiger charge is 2.36. The number of ether oxygens (including phenoxy) is 2. The molecule has 0 saturated carbocycles. The van der Waals surface area contributed by atoms with Crippen molar-refractivity contribution in [1.82, 2.24) is 0 Å². The Morgan fingerprint density at radius 2 is 1.89 bits per heavy atom. The Kier molecular flexibility index (Phi) is 5.46. The number of imide groups is 1. The van der Waals surface area contributed by atoms with E-state index in [0.29, 0.717) is 17.0 Å². The van der Waals surface area contributed by atoms with Crippen LogP contribution in [-0.2, 0) is 9.59 Å². The summed E-state index contributed by atoms with van der Waals surface area (Å²) in [6.45, 7) is -0.494. The third-order valence-electron chi connectivity index (χ3n) is 3.64. The number of hydrogen-bond acceptors (Lipinski definition) is 6. The molecule has 0 atom stereocenters. The Balaban J connectivity index is 1.85. The lowest BCUT2D eigenvalue weighted by atomic mass is 10.2. The Hall–Kier alpha value is -3.26. The average Bonchev–Trinajstić information content (AvgIpc) is 2.94. The van der Waals surface area contributed by atoms with Crippen LogP contribution in [0.4, 0.5) is 10.5 Å². The number of benzene rings is 2. The van der Waals surface area contributed by atoms with Gasteiger partial charge in [-0.1, -0.05) is 24.3 Å². The van der Waals surface area contributed by atoms with Gasteiger partial charge in [0.1, 0.15) is 0 Å². The molecule has 0 unspecified atom stereocenters. The van der Waals surface area contributed by atoms with Crippen molar-refractivity contribution in [3.8, 4) is 11.5 Å². The summed E-state index contributed by atoms with van der Waals surface area (Å²) in [4.78, 5) is 36.9. The van der Waals surface area contributed by atoms with Gasteiger partial charge < -0.3 is 14.6 Å². The van der Waals surface area contributed by atoms with Crippen molar-refractivity contribution < 1.29 is 29.0 Å². The van der Waals surface area contributed by atoms with Crippen LogP contribution in [0, 0.1) is 0 Å². The molecule has 1 heterocycles. The number of hydrogen-bond donors (Lipinski definition) is 1. The van der Waals surface area contributed by atoms with Crippen LogP contribution in [0.5, 0.6) is 11.5 Å². The lowest BCUT2D eigenvalue weighted by Gasteiger charge is -2.11. The lowest BCUT2D eigenvalue weighted by molar-refractivity contribution is -0.139. The van der Waals surface area contributed by atoms with E-state index in [1.165, 1.54) is 7.11 Å². The maximum absolute atomic E-state index is 12.6. The molecular weight excluding hydrogens is 370 g/mol. The number of carboxylic acid groups (broad SMARTS) is 1. The van der Waals surface area contributed by atoms with Crippen LogP contribution in [0.15, 0.2) is 53.4 Å². The highest BCUT2D eigenvalue weighted by atomic mass is 32.2. The monoisotopic (exact) mass is 385 g/mol. The Bertz CT molecular complexity index is 925. The van der Waals surface area contributed by atoms with E-state index in [9.17, 15) is 14.4 Å². The smallest absolute Gasteiger partial charge is 0.341 e. The summed E-state index contributed by atoms with van der Waals surface area (Å²) in [5.74, 6) is -0.904. The van der Waals surface area contributed by atoms with Crippen molar-refractivity contribution in [3.63, 3.8) is 0 Å². The number of methoxy groups -OCH3 is 1. The van der Waals surface area contributed by atoms with Crippen LogP contribution in [0.3, 0.4) is 0 Å². The predicted octanol–water partition coefficient (Wildman–Crippen LogP) is 3.40. The zero-order valence-electron chi connectivity index (χ0n) is 14.2. The zero-order valence-corrected chi connectivity index (χ0v) is 15.1. The molecule has 0 aromatic heterocycles. The van der Waals surface area contributed by atoms with Crippen LogP contribution in [0.1, 0.15) is 5.56 Å². The number of rotatable bonds is 6. The molecule has 3 rings (SSSR count). The van der Waals surface area contributed by atoms with E-state index in [1.807, 2.05) is 0 Å². The summed E-state index contributed by atoms with van der Waals surface area (Å²) in [6, 6.07) is 13.5. The topological polar surface area (TPSA) is 93.1 Å². The summed E-state index contributed by atoms with van der Waals surface area (Å²) in [6.07, 6.45) is 1.58. The molecule has 2 aromatic rings. The third-order valence-corrected chi connectivity index (χ3v) is 4.51. The van der Waals surface area contributed by atoms with Crippen molar-refractivity contribution in [2.75, 3.05) is 18.6 Å². The van der Waals surface area contributed by atoms with E-state index in [1.54, 1.807) is 54.6 Å². The van der Waals surface area contributed by atoms with Gasteiger partial charge in [-0.25, -0.2) is 9.69 Å². The number of anilines is 1. The summed E-state index contributed by atoms with van der Waals surface area (Å²) in [5, 5.41) is 8.33. The van der Waals surface area contributed by atoms with Crippen LogP contribution in [0.2, 0.25) is 0 Å². The van der Waals surface area contributed by atoms with Gasteiger partial charge in [-0.15, -0.1) is 0 Å². The molecule has 1 aliphatic heterocycles. The molecule has 1 N–H and O–H groups in total. The first-order chi connectivity index (χ1) is 13.0. The molecule has 1 aliphatic rings. The zero-order chi connectivity index (χ0) is 19.4. The highest BCUT2D eigenvalue weighted by molar-refractivity contribution is 8.19. The minimum absolute atomic E-state index is 0.273. The van der Waals surface area contributed by atoms with Gasteiger partial charge in [0.05, 0.1) is 17.7 Å². The predicted molar refractivity (Wildman–Crippen MR) is 101 cm³/mol. The molecule has 7 nitrogen and oxygen atoms in total. The number of thioether (sulfide) groups is 1. The van der Waals surface area contributed by atoms with Gasteiger partial charge in [0.25, 0.3) is 11.1 Å². The fourth-order valence-electron chi connectivity index (χ4n) is 2.45. The van der Waals surface area contributed by atoms with Crippen molar-refractivity contribution in [3.05, 3.63) is 59.0 Å². The van der Waals surface area contributed by atoms with E-state index in [0.717, 1.165) is 16.7 Å². The molecule has 0 aliphatic carbocycles. The van der Waals surface area contributed by atoms with Gasteiger partial charge in [-0.2, -0.15) is 0 Å². The first-order valence-corrected chi connectivity index (χ1v) is 8.67. The third kappa shape index (κ3) is 4.12. The number of aliphatic carboxylic acids is 1. The summed E-state index contributed by atoms with van der Waals surface area (Å²) < 4.78 is 10.4. The van der Waals surface area contributed by atoms with Gasteiger partial charge in [0.15, 0.2) is 18.1 Å². The highest BCUT2D eigenvalue weighted by Crippen LogP contribution is 2.36. The molecule has 1 saturated heterocycles. The van der Waals surface area contributed by atoms with Gasteiger partial charge in [0, 0.05) is 0 Å². The number of nitrogens with zero attached hydrogens (tertiary/aromatic N) is 1. The molecule has 0 radical (unpaired) electrons. The second-order valence-electron chi connectivity index (χ2n) is 5.45. The number of carbonyl (C=O) groups excluding carboxylic acids is 2. The number of amides is 2. The van der Waals surface area contributed by atoms with E-state index < -0.39 is 18.5 Å². The van der Waals surface area contributed by atoms with Gasteiger partial charge >= 0.3 is 5.97 Å². The molecule has 138 valence electrons. The fourth-order valence-corrected chi connectivity index (χ4v) is 3.29. The second-order valence-corrected chi connectivity index (χ2v) is 6.44. The first kappa shape index (κ1) is 18.5. The van der Waals surface area contributed by atoms with Gasteiger partial charge in [-0.3, -0.25) is 9.59 Å². The quantitative estimate of drug-likeness (QED) is 0.762. The molecule has 8 heteroatoms. The summed E-state index contributed by atoms with van der Waals surface area (Å²) >= 11 is 0.852. The molecule has 2 amide bonds. The maximum Gasteiger partial charge on any atom is 0.341 e. The fraction of sp³-hybridized carbons (Fsp3) is 0.105. The van der Waals surface area contributed by atoms with Crippen LogP contribution in [0.25, 0.3) is 6.08 Å². The second kappa shape index (κ2) is 7.96. The van der Waals surface area contributed by atoms with E-state index in [4.69, 9.17) is 14.6 Å². The van der Waals surface area contributed by atoms with Crippen molar-refractivity contribution in [2.24, 2.45) is 0 Å². The van der Waals surface area contributed by atoms with E-state index in [2.05, 4.69) is 0 Å². The van der Waals surface area contributed by atoms with E-state index in [-0.39, 0.29) is 15.9 Å². The lowest BCUT2D eigenvalue weighted by Crippen LogP contribution is -2.27. The minimum atomic E-state index is -1.10. The van der Waals surface area contributed by atoms with Crippen molar-refractivity contribution in [1.29, 1.82) is 0 Å². The van der Waals surface area contributed by atoms with Gasteiger partial charge in [-0.05, 0) is 47.7 Å². The molecule has 0 spiro atoms. The maximum atomic E-state index is 12.6. The number of carboxylic acids is 1. The Labute approximate surface area is 159 Å². The van der Waals surface area contributed by atoms with Crippen LogP contribution >= 0.6 is 11.8 Å². The number of para-hydroxylation sites is 1. The molecule has 27 heavy (non-hydrogen) atoms. The standard InChI is InChI=1S/C19H15NO6S/c1-25-15-9-12(7-8-14(15)26-11-17(21)22)10-16-18(23)20(19(24)27-16)13-5-3-2-4-6-13/h2-10H,11H2,1H3,(H,21,22)/b16-10+. The summed E-state index contributed by atoms with van der Waals surface area (Å²) in [5.41, 5.74) is 1.13. The van der Waals surface area contributed by atoms with Crippen LogP contribution < -0.4 is 14.4 Å². The molecular formula is C19H15NO6S. The van der Waals surface area contributed by atoms with E-state index >= 15 is 0 Å². The number of carbonyl (C=O) groups is 3. The Morgan fingerprint density at radius 1 is 1.15 bits per heavy atom. The van der Waals surface area contributed by atoms with Gasteiger partial charge in [0.2, 0.25) is 0 Å². The Morgan fingerprint density at radius 3 is 2.56 bits per heavy atom.